The summed E-state index contributed by atoms with van der Waals surface area (Å²) in [6, 6.07) is 11.2. The van der Waals surface area contributed by atoms with Crippen molar-refractivity contribution in [2.24, 2.45) is 10.9 Å². The van der Waals surface area contributed by atoms with Crippen LogP contribution in [0.3, 0.4) is 0 Å². The lowest BCUT2D eigenvalue weighted by Gasteiger charge is -2.22. The highest BCUT2D eigenvalue weighted by molar-refractivity contribution is 8.14. The van der Waals surface area contributed by atoms with E-state index in [9.17, 15) is 10.1 Å². The van der Waals surface area contributed by atoms with Crippen molar-refractivity contribution in [3.63, 3.8) is 0 Å². The maximum Gasteiger partial charge on any atom is 0.277 e. The number of nitro groups is 1. The Morgan fingerprint density at radius 1 is 1.29 bits per heavy atom. The zero-order chi connectivity index (χ0) is 17.3. The molecule has 0 spiro atoms. The molecule has 0 amide bonds. The van der Waals surface area contributed by atoms with Gasteiger partial charge in [-0.25, -0.2) is 4.99 Å². The van der Waals surface area contributed by atoms with Crippen LogP contribution in [0.2, 0.25) is 0 Å². The summed E-state index contributed by atoms with van der Waals surface area (Å²) in [7, 11) is 2.08. The fourth-order valence-corrected chi connectivity index (χ4v) is 4.27. The molecular weight excluding hydrogens is 322 g/mol. The molecule has 1 heterocycles. The Balaban J connectivity index is 1.99. The van der Waals surface area contributed by atoms with E-state index in [1.165, 1.54) is 0 Å². The van der Waals surface area contributed by atoms with Crippen LogP contribution in [0.25, 0.3) is 10.8 Å². The number of benzene rings is 2. The second kappa shape index (κ2) is 6.81. The van der Waals surface area contributed by atoms with Crippen LogP contribution in [-0.2, 0) is 0 Å². The van der Waals surface area contributed by atoms with Crippen LogP contribution >= 0.6 is 11.8 Å². The topological polar surface area (TPSA) is 58.7 Å². The molecule has 1 aliphatic rings. The molecule has 24 heavy (non-hydrogen) atoms. The molecule has 1 fully saturated rings. The molecule has 6 heteroatoms. The molecule has 2 aromatic carbocycles. The van der Waals surface area contributed by atoms with Crippen LogP contribution in [0, 0.1) is 16.0 Å². The zero-order valence-electron chi connectivity index (χ0n) is 14.1. The molecule has 3 rings (SSSR count). The smallest absolute Gasteiger partial charge is 0.277 e. The summed E-state index contributed by atoms with van der Waals surface area (Å²) < 4.78 is 0. The van der Waals surface area contributed by atoms with Crippen LogP contribution in [0.5, 0.6) is 0 Å². The Hall–Kier alpha value is -2.08. The number of nitrogens with zero attached hydrogens (tertiary/aromatic N) is 3. The largest absolute Gasteiger partial charge is 0.350 e. The predicted molar refractivity (Wildman–Crippen MR) is 101 cm³/mol. The van der Waals surface area contributed by atoms with Gasteiger partial charge in [0, 0.05) is 30.3 Å². The van der Waals surface area contributed by atoms with E-state index in [2.05, 4.69) is 25.8 Å². The average Bonchev–Trinajstić information content (AvgIpc) is 2.87. The Morgan fingerprint density at radius 2 is 2.00 bits per heavy atom. The Morgan fingerprint density at radius 3 is 2.67 bits per heavy atom. The Labute approximate surface area is 145 Å². The van der Waals surface area contributed by atoms with Gasteiger partial charge in [0.25, 0.3) is 5.69 Å². The minimum Gasteiger partial charge on any atom is -0.350 e. The lowest BCUT2D eigenvalue weighted by molar-refractivity contribution is -0.383. The first kappa shape index (κ1) is 16.8. The number of hydrogen-bond acceptors (Lipinski definition) is 4. The van der Waals surface area contributed by atoms with Crippen molar-refractivity contribution in [2.45, 2.75) is 26.3 Å². The number of amidine groups is 1. The normalized spacial score (nSPS) is 19.6. The van der Waals surface area contributed by atoms with Gasteiger partial charge >= 0.3 is 0 Å². The van der Waals surface area contributed by atoms with Gasteiger partial charge in [0.05, 0.1) is 16.0 Å². The molecule has 1 saturated heterocycles. The van der Waals surface area contributed by atoms with Gasteiger partial charge in [0.1, 0.15) is 0 Å². The fraction of sp³-hybridized carbons (Fsp3) is 0.389. The standard InChI is InChI=1S/C18H21N3O2S/c1-12(2)10-13-11-24-18(20(13)3)19-16-8-9-17(21(22)23)15-7-5-4-6-14(15)16/h4-9,12-13H,10-11H2,1-3H3. The summed E-state index contributed by atoms with van der Waals surface area (Å²) in [5, 5.41) is 13.7. The minimum absolute atomic E-state index is 0.125. The van der Waals surface area contributed by atoms with Crippen LogP contribution in [0.1, 0.15) is 20.3 Å². The third-order valence-electron chi connectivity index (χ3n) is 4.29. The van der Waals surface area contributed by atoms with Crippen molar-refractivity contribution in [2.75, 3.05) is 12.8 Å². The number of rotatable bonds is 4. The van der Waals surface area contributed by atoms with Crippen molar-refractivity contribution in [1.29, 1.82) is 0 Å². The Bertz CT molecular complexity index is 804. The minimum atomic E-state index is -0.339. The molecule has 5 nitrogen and oxygen atoms in total. The molecule has 1 atom stereocenters. The number of thioether (sulfide) groups is 1. The van der Waals surface area contributed by atoms with Crippen molar-refractivity contribution in [3.8, 4) is 0 Å². The van der Waals surface area contributed by atoms with Crippen LogP contribution in [-0.4, -0.2) is 33.8 Å². The molecule has 1 unspecified atom stereocenters. The fourth-order valence-electron chi connectivity index (χ4n) is 3.05. The van der Waals surface area contributed by atoms with E-state index in [1.807, 2.05) is 18.2 Å². The number of non-ortho nitro benzene ring substituents is 1. The van der Waals surface area contributed by atoms with Crippen molar-refractivity contribution < 1.29 is 4.92 Å². The third-order valence-corrected chi connectivity index (χ3v) is 5.48. The first-order chi connectivity index (χ1) is 11.5. The molecule has 0 aromatic heterocycles. The maximum absolute atomic E-state index is 11.2. The van der Waals surface area contributed by atoms with E-state index in [1.54, 1.807) is 30.0 Å². The van der Waals surface area contributed by atoms with E-state index < -0.39 is 0 Å². The second-order valence-corrected chi connectivity index (χ2v) is 7.49. The van der Waals surface area contributed by atoms with Gasteiger partial charge in [-0.1, -0.05) is 43.8 Å². The van der Waals surface area contributed by atoms with Crippen molar-refractivity contribution in [1.82, 2.24) is 4.90 Å². The zero-order valence-corrected chi connectivity index (χ0v) is 14.9. The SMILES string of the molecule is CC(C)CC1CSC(=Nc2ccc([N+](=O)[O-])c3ccccc23)N1C. The number of hydrogen-bond donors (Lipinski definition) is 0. The highest BCUT2D eigenvalue weighted by atomic mass is 32.2. The van der Waals surface area contributed by atoms with Gasteiger partial charge in [-0.2, -0.15) is 0 Å². The lowest BCUT2D eigenvalue weighted by Crippen LogP contribution is -2.30. The van der Waals surface area contributed by atoms with Gasteiger partial charge in [0.15, 0.2) is 5.17 Å². The molecule has 0 bridgehead atoms. The summed E-state index contributed by atoms with van der Waals surface area (Å²) in [5.74, 6) is 1.69. The van der Waals surface area contributed by atoms with Gasteiger partial charge in [-0.05, 0) is 24.5 Å². The molecule has 0 N–H and O–H groups in total. The van der Waals surface area contributed by atoms with Crippen molar-refractivity contribution in [3.05, 3.63) is 46.5 Å². The van der Waals surface area contributed by atoms with E-state index in [0.717, 1.165) is 28.4 Å². The van der Waals surface area contributed by atoms with Crippen molar-refractivity contribution >= 4 is 39.1 Å². The van der Waals surface area contributed by atoms with Gasteiger partial charge < -0.3 is 4.90 Å². The Kier molecular flexibility index (Phi) is 4.76. The number of fused-ring (bicyclic) bond motifs is 1. The molecule has 1 aliphatic heterocycles. The monoisotopic (exact) mass is 343 g/mol. The average molecular weight is 343 g/mol. The third kappa shape index (κ3) is 3.24. The molecule has 2 aromatic rings. The van der Waals surface area contributed by atoms with E-state index in [-0.39, 0.29) is 10.6 Å². The number of nitro benzene ring substituents is 1. The molecular formula is C18H21N3O2S. The molecule has 0 aliphatic carbocycles. The van der Waals surface area contributed by atoms with Gasteiger partial charge in [0.2, 0.25) is 0 Å². The quantitative estimate of drug-likeness (QED) is 0.589. The summed E-state index contributed by atoms with van der Waals surface area (Å²) >= 11 is 1.76. The molecule has 0 radical (unpaired) electrons. The highest BCUT2D eigenvalue weighted by Gasteiger charge is 2.27. The second-order valence-electron chi connectivity index (χ2n) is 6.51. The van der Waals surface area contributed by atoms with E-state index in [4.69, 9.17) is 4.99 Å². The summed E-state index contributed by atoms with van der Waals surface area (Å²) in [5.41, 5.74) is 0.912. The predicted octanol–water partition coefficient (Wildman–Crippen LogP) is 4.83. The molecule has 126 valence electrons. The van der Waals surface area contributed by atoms with Gasteiger partial charge in [-0.15, -0.1) is 0 Å². The van der Waals surface area contributed by atoms with E-state index >= 15 is 0 Å². The number of aliphatic imine (C=N–C) groups is 1. The van der Waals surface area contributed by atoms with Crippen LogP contribution < -0.4 is 0 Å². The van der Waals surface area contributed by atoms with E-state index in [0.29, 0.717) is 17.3 Å². The first-order valence-corrected chi connectivity index (χ1v) is 9.06. The first-order valence-electron chi connectivity index (χ1n) is 8.08. The molecule has 0 saturated carbocycles. The summed E-state index contributed by atoms with van der Waals surface area (Å²) in [4.78, 5) is 17.9. The summed E-state index contributed by atoms with van der Waals surface area (Å²) in [6.07, 6.45) is 1.14. The van der Waals surface area contributed by atoms with Crippen LogP contribution in [0.4, 0.5) is 11.4 Å². The van der Waals surface area contributed by atoms with Gasteiger partial charge in [-0.3, -0.25) is 10.1 Å². The highest BCUT2D eigenvalue weighted by Crippen LogP contribution is 2.35. The maximum atomic E-state index is 11.2. The van der Waals surface area contributed by atoms with Crippen LogP contribution in [0.15, 0.2) is 41.4 Å². The summed E-state index contributed by atoms with van der Waals surface area (Å²) in [6.45, 7) is 4.47. The lowest BCUT2D eigenvalue weighted by atomic mass is 10.0.